The predicted octanol–water partition coefficient (Wildman–Crippen LogP) is 3.78. The minimum atomic E-state index is -4.55. The van der Waals surface area contributed by atoms with Crippen LogP contribution < -0.4 is 10.1 Å². The Balaban J connectivity index is 1.88. The molecule has 27 heavy (non-hydrogen) atoms. The average molecular weight is 403 g/mol. The Morgan fingerprint density at radius 1 is 1.22 bits per heavy atom. The van der Waals surface area contributed by atoms with Gasteiger partial charge in [-0.3, -0.25) is 4.79 Å². The molecule has 144 valence electrons. The third-order valence-corrected chi connectivity index (χ3v) is 3.36. The molecule has 6 nitrogen and oxygen atoms in total. The Hall–Kier alpha value is -2.81. The minimum Gasteiger partial charge on any atom is -0.467 e. The fraction of sp³-hybridized carbons (Fsp3) is 0.235. The van der Waals surface area contributed by atoms with E-state index in [0.717, 1.165) is 17.8 Å². The molecular weight excluding hydrogens is 389 g/mol. The van der Waals surface area contributed by atoms with Gasteiger partial charge in [0, 0.05) is 11.9 Å². The zero-order valence-corrected chi connectivity index (χ0v) is 14.7. The summed E-state index contributed by atoms with van der Waals surface area (Å²) in [5.41, 5.74) is 1.42. The van der Waals surface area contributed by atoms with Crippen molar-refractivity contribution in [3.8, 4) is 5.88 Å². The summed E-state index contributed by atoms with van der Waals surface area (Å²) in [5, 5.41) is 2.25. The molecule has 0 saturated heterocycles. The molecule has 0 atom stereocenters. The van der Waals surface area contributed by atoms with E-state index in [4.69, 9.17) is 16.3 Å². The van der Waals surface area contributed by atoms with Crippen molar-refractivity contribution in [3.63, 3.8) is 0 Å². The van der Waals surface area contributed by atoms with Crippen LogP contribution in [-0.2, 0) is 9.53 Å². The molecule has 2 rings (SSSR count). The van der Waals surface area contributed by atoms with E-state index in [9.17, 15) is 22.8 Å². The number of anilines is 1. The van der Waals surface area contributed by atoms with E-state index in [0.29, 0.717) is 5.69 Å². The number of ether oxygens (including phenoxy) is 2. The molecule has 10 heteroatoms. The van der Waals surface area contributed by atoms with Crippen molar-refractivity contribution in [2.24, 2.45) is 0 Å². The summed E-state index contributed by atoms with van der Waals surface area (Å²) < 4.78 is 45.6. The number of carbonyl (C=O) groups is 2. The first kappa shape index (κ1) is 20.5. The van der Waals surface area contributed by atoms with Crippen LogP contribution in [0.1, 0.15) is 15.9 Å². The molecule has 0 aliphatic heterocycles. The van der Waals surface area contributed by atoms with E-state index in [-0.39, 0.29) is 10.6 Å². The summed E-state index contributed by atoms with van der Waals surface area (Å²) in [6.07, 6.45) is -3.61. The highest BCUT2D eigenvalue weighted by Crippen LogP contribution is 2.25. The molecule has 2 aromatic rings. The summed E-state index contributed by atoms with van der Waals surface area (Å²) in [5.74, 6) is -1.94. The van der Waals surface area contributed by atoms with Gasteiger partial charge in [0.15, 0.2) is 13.2 Å². The number of esters is 1. The molecular formula is C17H14ClF3N2O4. The highest BCUT2D eigenvalue weighted by Gasteiger charge is 2.29. The van der Waals surface area contributed by atoms with Crippen molar-refractivity contribution >= 4 is 29.2 Å². The van der Waals surface area contributed by atoms with Crippen LogP contribution in [0, 0.1) is 6.92 Å². The zero-order chi connectivity index (χ0) is 20.0. The van der Waals surface area contributed by atoms with Crippen LogP contribution in [0.5, 0.6) is 5.88 Å². The topological polar surface area (TPSA) is 77.5 Å². The van der Waals surface area contributed by atoms with Gasteiger partial charge in [0.1, 0.15) is 5.02 Å². The van der Waals surface area contributed by atoms with E-state index < -0.39 is 37.1 Å². The summed E-state index contributed by atoms with van der Waals surface area (Å²) in [7, 11) is 0. The van der Waals surface area contributed by atoms with Gasteiger partial charge >= 0.3 is 12.1 Å². The number of pyridine rings is 1. The lowest BCUT2D eigenvalue weighted by Crippen LogP contribution is -2.21. The number of benzene rings is 1. The monoisotopic (exact) mass is 402 g/mol. The quantitative estimate of drug-likeness (QED) is 0.744. The van der Waals surface area contributed by atoms with E-state index >= 15 is 0 Å². The van der Waals surface area contributed by atoms with E-state index in [1.165, 1.54) is 0 Å². The van der Waals surface area contributed by atoms with Crippen LogP contribution in [0.25, 0.3) is 0 Å². The van der Waals surface area contributed by atoms with Gasteiger partial charge in [-0.15, -0.1) is 0 Å². The SMILES string of the molecule is Cc1ccc(NC(=O)COC(=O)c2cnc(OCC(F)(F)F)c(Cl)c2)cc1. The number of amides is 1. The molecule has 0 fully saturated rings. The van der Waals surface area contributed by atoms with E-state index in [2.05, 4.69) is 15.0 Å². The van der Waals surface area contributed by atoms with Gasteiger partial charge in [0.05, 0.1) is 5.56 Å². The number of alkyl halides is 3. The summed E-state index contributed by atoms with van der Waals surface area (Å²) in [6.45, 7) is -0.231. The maximum Gasteiger partial charge on any atom is 0.422 e. The number of carbonyl (C=O) groups excluding carboxylic acids is 2. The van der Waals surface area contributed by atoms with Gasteiger partial charge in [-0.1, -0.05) is 29.3 Å². The number of hydrogen-bond acceptors (Lipinski definition) is 5. The highest BCUT2D eigenvalue weighted by molar-refractivity contribution is 6.32. The fourth-order valence-corrected chi connectivity index (χ4v) is 2.06. The van der Waals surface area contributed by atoms with Crippen molar-refractivity contribution in [1.82, 2.24) is 4.98 Å². The van der Waals surface area contributed by atoms with Crippen LogP contribution >= 0.6 is 11.6 Å². The molecule has 0 spiro atoms. The molecule has 1 aromatic carbocycles. The minimum absolute atomic E-state index is 0.137. The summed E-state index contributed by atoms with van der Waals surface area (Å²) in [4.78, 5) is 27.2. The van der Waals surface area contributed by atoms with Crippen molar-refractivity contribution in [1.29, 1.82) is 0 Å². The zero-order valence-electron chi connectivity index (χ0n) is 14.0. The van der Waals surface area contributed by atoms with Gasteiger partial charge in [0.2, 0.25) is 5.88 Å². The van der Waals surface area contributed by atoms with E-state index in [1.54, 1.807) is 24.3 Å². The second-order valence-electron chi connectivity index (χ2n) is 5.41. The molecule has 0 aliphatic rings. The van der Waals surface area contributed by atoms with Crippen molar-refractivity contribution < 1.29 is 32.2 Å². The maximum absolute atomic E-state index is 12.1. The number of nitrogens with one attached hydrogen (secondary N) is 1. The second-order valence-corrected chi connectivity index (χ2v) is 5.81. The lowest BCUT2D eigenvalue weighted by Gasteiger charge is -2.10. The number of aryl methyl sites for hydroxylation is 1. The number of nitrogens with zero attached hydrogens (tertiary/aromatic N) is 1. The van der Waals surface area contributed by atoms with Gasteiger partial charge < -0.3 is 14.8 Å². The highest BCUT2D eigenvalue weighted by atomic mass is 35.5. The lowest BCUT2D eigenvalue weighted by molar-refractivity contribution is -0.154. The lowest BCUT2D eigenvalue weighted by atomic mass is 10.2. The Morgan fingerprint density at radius 2 is 1.89 bits per heavy atom. The number of hydrogen-bond donors (Lipinski definition) is 1. The molecule has 0 saturated carbocycles. The number of aromatic nitrogens is 1. The molecule has 0 aliphatic carbocycles. The first-order valence-electron chi connectivity index (χ1n) is 7.53. The van der Waals surface area contributed by atoms with Crippen LogP contribution in [0.3, 0.4) is 0 Å². The van der Waals surface area contributed by atoms with Crippen LogP contribution in [0.2, 0.25) is 5.02 Å². The summed E-state index contributed by atoms with van der Waals surface area (Å²) >= 11 is 5.74. The Bertz CT molecular complexity index is 826. The molecule has 0 bridgehead atoms. The first-order chi connectivity index (χ1) is 12.6. The van der Waals surface area contributed by atoms with Gasteiger partial charge in [-0.2, -0.15) is 13.2 Å². The number of rotatable bonds is 6. The average Bonchev–Trinajstić information content (AvgIpc) is 2.59. The Morgan fingerprint density at radius 3 is 2.48 bits per heavy atom. The van der Waals surface area contributed by atoms with Crippen molar-refractivity contribution in [3.05, 3.63) is 52.7 Å². The first-order valence-corrected chi connectivity index (χ1v) is 7.90. The van der Waals surface area contributed by atoms with Crippen LogP contribution in [0.4, 0.5) is 18.9 Å². The van der Waals surface area contributed by atoms with E-state index in [1.807, 2.05) is 6.92 Å². The standard InChI is InChI=1S/C17H14ClF3N2O4/c1-10-2-4-12(5-3-10)23-14(24)8-26-16(25)11-6-13(18)15(22-7-11)27-9-17(19,20)21/h2-7H,8-9H2,1H3,(H,23,24). The molecule has 1 amide bonds. The van der Waals surface area contributed by atoms with Gasteiger partial charge in [-0.25, -0.2) is 9.78 Å². The smallest absolute Gasteiger partial charge is 0.422 e. The molecule has 0 radical (unpaired) electrons. The third-order valence-electron chi connectivity index (χ3n) is 3.09. The Kier molecular flexibility index (Phi) is 6.62. The van der Waals surface area contributed by atoms with Gasteiger partial charge in [0.25, 0.3) is 5.91 Å². The Labute approximate surface area is 157 Å². The fourth-order valence-electron chi connectivity index (χ4n) is 1.84. The molecule has 1 aromatic heterocycles. The molecule has 1 heterocycles. The van der Waals surface area contributed by atoms with Crippen LogP contribution in [-0.4, -0.2) is 36.3 Å². The maximum atomic E-state index is 12.1. The summed E-state index contributed by atoms with van der Waals surface area (Å²) in [6, 6.07) is 8.03. The largest absolute Gasteiger partial charge is 0.467 e. The third kappa shape index (κ3) is 6.78. The molecule has 1 N–H and O–H groups in total. The van der Waals surface area contributed by atoms with Crippen molar-refractivity contribution in [2.75, 3.05) is 18.5 Å². The number of halogens is 4. The normalized spacial score (nSPS) is 11.0. The predicted molar refractivity (Wildman–Crippen MR) is 90.9 cm³/mol. The van der Waals surface area contributed by atoms with Crippen molar-refractivity contribution in [2.45, 2.75) is 13.1 Å². The molecule has 0 unspecified atom stereocenters. The second kappa shape index (κ2) is 8.72. The van der Waals surface area contributed by atoms with Crippen LogP contribution in [0.15, 0.2) is 36.5 Å². The van der Waals surface area contributed by atoms with Gasteiger partial charge in [-0.05, 0) is 25.1 Å².